The number of aromatic nitrogens is 1. The fourth-order valence-corrected chi connectivity index (χ4v) is 4.29. The summed E-state index contributed by atoms with van der Waals surface area (Å²) in [6.07, 6.45) is 6.59. The third-order valence-corrected chi connectivity index (χ3v) is 6.18. The van der Waals surface area contributed by atoms with Gasteiger partial charge in [-0.05, 0) is 68.5 Å². The quantitative estimate of drug-likeness (QED) is 0.797. The number of carbonyl (C=O) groups excluding carboxylic acids is 2. The van der Waals surface area contributed by atoms with Gasteiger partial charge < -0.3 is 19.9 Å². The van der Waals surface area contributed by atoms with Gasteiger partial charge >= 0.3 is 0 Å². The molecule has 31 heavy (non-hydrogen) atoms. The molecule has 0 saturated carbocycles. The highest BCUT2D eigenvalue weighted by Crippen LogP contribution is 2.25. The molecule has 0 bridgehead atoms. The smallest absolute Gasteiger partial charge is 0.254 e. The number of hydrogen-bond donors (Lipinski definition) is 1. The number of methoxy groups -OCH3 is 1. The average molecular weight is 423 g/mol. The lowest BCUT2D eigenvalue weighted by atomic mass is 9.95. The normalized spacial score (nSPS) is 17.3. The molecule has 2 amide bonds. The van der Waals surface area contributed by atoms with Crippen LogP contribution in [0, 0.1) is 5.92 Å². The van der Waals surface area contributed by atoms with Crippen molar-refractivity contribution in [3.8, 4) is 5.75 Å². The first-order valence-electron chi connectivity index (χ1n) is 11.1. The minimum Gasteiger partial charge on any atom is -0.497 e. The summed E-state index contributed by atoms with van der Waals surface area (Å²) < 4.78 is 5.15. The first-order valence-corrected chi connectivity index (χ1v) is 11.1. The number of ether oxygens (including phenoxy) is 1. The van der Waals surface area contributed by atoms with E-state index in [1.54, 1.807) is 19.4 Å². The Balaban J connectivity index is 1.33. The number of hydrogen-bond acceptors (Lipinski definition) is 5. The molecule has 2 aromatic rings. The summed E-state index contributed by atoms with van der Waals surface area (Å²) in [4.78, 5) is 34.1. The molecule has 2 aliphatic rings. The highest BCUT2D eigenvalue weighted by molar-refractivity contribution is 5.95. The van der Waals surface area contributed by atoms with Crippen molar-refractivity contribution in [2.45, 2.75) is 32.1 Å². The monoisotopic (exact) mass is 422 g/mol. The number of benzene rings is 1. The lowest BCUT2D eigenvalue weighted by Gasteiger charge is -2.32. The van der Waals surface area contributed by atoms with Crippen molar-refractivity contribution in [2.75, 3.05) is 43.5 Å². The summed E-state index contributed by atoms with van der Waals surface area (Å²) in [7, 11) is 1.62. The number of anilines is 2. The van der Waals surface area contributed by atoms with E-state index in [1.165, 1.54) is 6.42 Å². The van der Waals surface area contributed by atoms with Crippen molar-refractivity contribution < 1.29 is 14.3 Å². The van der Waals surface area contributed by atoms with Crippen LogP contribution in [0.15, 0.2) is 42.6 Å². The van der Waals surface area contributed by atoms with Crippen LogP contribution < -0.4 is 15.0 Å². The van der Waals surface area contributed by atoms with Gasteiger partial charge in [0.2, 0.25) is 5.91 Å². The largest absolute Gasteiger partial charge is 0.497 e. The Morgan fingerprint density at radius 1 is 1.00 bits per heavy atom. The van der Waals surface area contributed by atoms with Gasteiger partial charge in [-0.3, -0.25) is 9.59 Å². The van der Waals surface area contributed by atoms with Crippen molar-refractivity contribution >= 4 is 23.3 Å². The maximum atomic E-state index is 12.8. The molecular weight excluding hydrogens is 392 g/mol. The molecule has 1 aromatic carbocycles. The van der Waals surface area contributed by atoms with Crippen LogP contribution in [-0.4, -0.2) is 55.0 Å². The Hall–Kier alpha value is -3.09. The number of nitrogens with one attached hydrogen (secondary N) is 1. The zero-order valence-electron chi connectivity index (χ0n) is 18.0. The molecule has 0 radical (unpaired) electrons. The van der Waals surface area contributed by atoms with E-state index >= 15 is 0 Å². The van der Waals surface area contributed by atoms with Crippen LogP contribution in [0.1, 0.15) is 42.5 Å². The lowest BCUT2D eigenvalue weighted by Crippen LogP contribution is -2.39. The van der Waals surface area contributed by atoms with Crippen LogP contribution in [0.25, 0.3) is 0 Å². The standard InChI is InChI=1S/C24H30N4O3/c1-31-21-7-5-20(6-8-21)26-23(29)18-10-15-27(16-11-18)22-17-19(9-12-25-22)24(30)28-13-3-2-4-14-28/h5-9,12,17-18H,2-4,10-11,13-16H2,1H3,(H,26,29). The van der Waals surface area contributed by atoms with Gasteiger partial charge in [0.15, 0.2) is 0 Å². The summed E-state index contributed by atoms with van der Waals surface area (Å²) in [5, 5.41) is 3.00. The van der Waals surface area contributed by atoms with Crippen LogP contribution in [0.4, 0.5) is 11.5 Å². The van der Waals surface area contributed by atoms with Gasteiger partial charge in [-0.25, -0.2) is 4.98 Å². The Morgan fingerprint density at radius 2 is 1.71 bits per heavy atom. The molecule has 2 saturated heterocycles. The van der Waals surface area contributed by atoms with Crippen molar-refractivity contribution in [2.24, 2.45) is 5.92 Å². The van der Waals surface area contributed by atoms with Crippen LogP contribution >= 0.6 is 0 Å². The first kappa shape index (κ1) is 21.2. The van der Waals surface area contributed by atoms with Gasteiger partial charge in [-0.15, -0.1) is 0 Å². The van der Waals surface area contributed by atoms with Crippen LogP contribution in [0.2, 0.25) is 0 Å². The number of nitrogens with zero attached hydrogens (tertiary/aromatic N) is 3. The summed E-state index contributed by atoms with van der Waals surface area (Å²) in [6, 6.07) is 11.1. The maximum absolute atomic E-state index is 12.8. The molecule has 0 unspecified atom stereocenters. The summed E-state index contributed by atoms with van der Waals surface area (Å²) in [5.41, 5.74) is 1.48. The second kappa shape index (κ2) is 9.81. The fraction of sp³-hybridized carbons (Fsp3) is 0.458. The highest BCUT2D eigenvalue weighted by atomic mass is 16.5. The summed E-state index contributed by atoms with van der Waals surface area (Å²) >= 11 is 0. The van der Waals surface area contributed by atoms with E-state index in [-0.39, 0.29) is 17.7 Å². The first-order chi connectivity index (χ1) is 15.1. The Kier molecular flexibility index (Phi) is 6.70. The molecule has 3 heterocycles. The number of likely N-dealkylation sites (tertiary alicyclic amines) is 1. The molecule has 0 aliphatic carbocycles. The second-order valence-corrected chi connectivity index (χ2v) is 8.23. The molecule has 0 spiro atoms. The third kappa shape index (κ3) is 5.16. The molecular formula is C24H30N4O3. The number of carbonyl (C=O) groups is 2. The number of pyridine rings is 1. The SMILES string of the molecule is COc1ccc(NC(=O)C2CCN(c3cc(C(=O)N4CCCCC4)ccn3)CC2)cc1. The zero-order chi connectivity index (χ0) is 21.6. The number of amides is 2. The van der Waals surface area contributed by atoms with Crippen LogP contribution in [0.3, 0.4) is 0 Å². The minimum absolute atomic E-state index is 0.0310. The third-order valence-electron chi connectivity index (χ3n) is 6.18. The maximum Gasteiger partial charge on any atom is 0.254 e. The molecule has 4 rings (SSSR count). The molecule has 1 N–H and O–H groups in total. The number of piperidine rings is 2. The predicted molar refractivity (Wildman–Crippen MR) is 121 cm³/mol. The predicted octanol–water partition coefficient (Wildman–Crippen LogP) is 3.57. The Bertz CT molecular complexity index is 901. The summed E-state index contributed by atoms with van der Waals surface area (Å²) in [6.45, 7) is 3.17. The van der Waals surface area contributed by atoms with E-state index in [0.29, 0.717) is 5.56 Å². The van der Waals surface area contributed by atoms with Gasteiger partial charge in [-0.1, -0.05) is 0 Å². The molecule has 2 aliphatic heterocycles. The van der Waals surface area contributed by atoms with Gasteiger partial charge in [-0.2, -0.15) is 0 Å². The van der Waals surface area contributed by atoms with E-state index < -0.39 is 0 Å². The molecule has 7 nitrogen and oxygen atoms in total. The molecule has 164 valence electrons. The van der Waals surface area contributed by atoms with E-state index in [4.69, 9.17) is 4.74 Å². The minimum atomic E-state index is -0.0310. The van der Waals surface area contributed by atoms with E-state index in [2.05, 4.69) is 15.2 Å². The summed E-state index contributed by atoms with van der Waals surface area (Å²) in [5.74, 6) is 1.69. The van der Waals surface area contributed by atoms with Crippen LogP contribution in [-0.2, 0) is 4.79 Å². The molecule has 1 aromatic heterocycles. The average Bonchev–Trinajstić information content (AvgIpc) is 2.85. The topological polar surface area (TPSA) is 74.8 Å². The van der Waals surface area contributed by atoms with Crippen molar-refractivity contribution in [1.82, 2.24) is 9.88 Å². The van der Waals surface area contributed by atoms with E-state index in [9.17, 15) is 9.59 Å². The van der Waals surface area contributed by atoms with Gasteiger partial charge in [0.1, 0.15) is 11.6 Å². The van der Waals surface area contributed by atoms with Crippen molar-refractivity contribution in [3.05, 3.63) is 48.2 Å². The van der Waals surface area contributed by atoms with Crippen molar-refractivity contribution in [3.63, 3.8) is 0 Å². The van der Waals surface area contributed by atoms with Gasteiger partial charge in [0.25, 0.3) is 5.91 Å². The lowest BCUT2D eigenvalue weighted by molar-refractivity contribution is -0.120. The molecule has 0 atom stereocenters. The van der Waals surface area contributed by atoms with Gasteiger partial charge in [0, 0.05) is 49.5 Å². The zero-order valence-corrected chi connectivity index (χ0v) is 18.0. The second-order valence-electron chi connectivity index (χ2n) is 8.23. The fourth-order valence-electron chi connectivity index (χ4n) is 4.29. The van der Waals surface area contributed by atoms with Crippen LogP contribution in [0.5, 0.6) is 5.75 Å². The van der Waals surface area contributed by atoms with E-state index in [0.717, 1.165) is 69.1 Å². The highest BCUT2D eigenvalue weighted by Gasteiger charge is 2.26. The van der Waals surface area contributed by atoms with Crippen molar-refractivity contribution in [1.29, 1.82) is 0 Å². The number of rotatable bonds is 5. The Labute approximate surface area is 183 Å². The molecule has 7 heteroatoms. The molecule has 2 fully saturated rings. The Morgan fingerprint density at radius 3 is 2.39 bits per heavy atom. The van der Waals surface area contributed by atoms with E-state index in [1.807, 2.05) is 35.2 Å². The van der Waals surface area contributed by atoms with Gasteiger partial charge in [0.05, 0.1) is 7.11 Å².